The van der Waals surface area contributed by atoms with Gasteiger partial charge in [0, 0.05) is 40.0 Å². The molecule has 0 spiro atoms. The molecule has 0 saturated heterocycles. The van der Waals surface area contributed by atoms with Crippen molar-refractivity contribution in [3.05, 3.63) is 82.6 Å². The number of fused-ring (bicyclic) bond motifs is 2. The third kappa shape index (κ3) is 5.47. The number of carbonyl (C=O) groups is 1. The molecule has 0 bridgehead atoms. The van der Waals surface area contributed by atoms with Gasteiger partial charge >= 0.3 is 6.09 Å². The van der Waals surface area contributed by atoms with Crippen LogP contribution in [0, 0.1) is 5.82 Å². The number of hydrogen-bond donors (Lipinski definition) is 2. The van der Waals surface area contributed by atoms with Crippen molar-refractivity contribution in [3.8, 4) is 11.5 Å². The van der Waals surface area contributed by atoms with Crippen LogP contribution in [0.4, 0.5) is 9.18 Å². The van der Waals surface area contributed by atoms with Gasteiger partial charge in [0.2, 0.25) is 0 Å². The Morgan fingerprint density at radius 1 is 1.02 bits per heavy atom. The third-order valence-electron chi connectivity index (χ3n) is 8.89. The van der Waals surface area contributed by atoms with Crippen LogP contribution in [0.15, 0.2) is 54.9 Å². The standard InChI is InChI=1S/C33H38ClFN4O5Si/c1-18(2)45(19(3)4,20(5)6)38-16-24(22-9-8-12-36-32(22)38)31(40)23-14-28(43-7)29(15-25(23)35)44-17-30-37-26-13-21(34)10-11-27(26)39(30)33(41)42/h8-16,18-20,31,40H,17H2,1-7H3,(H,41,42). The van der Waals surface area contributed by atoms with Crippen molar-refractivity contribution < 1.29 is 28.9 Å². The quantitative estimate of drug-likeness (QED) is 0.146. The normalized spacial score (nSPS) is 13.0. The number of ether oxygens (including phenoxy) is 2. The molecule has 2 aromatic carbocycles. The van der Waals surface area contributed by atoms with E-state index in [-0.39, 0.29) is 29.5 Å². The highest BCUT2D eigenvalue weighted by atomic mass is 35.5. The third-order valence-corrected chi connectivity index (χ3v) is 15.9. The summed E-state index contributed by atoms with van der Waals surface area (Å²) < 4.78 is 30.5. The van der Waals surface area contributed by atoms with Crippen molar-refractivity contribution in [2.45, 2.75) is 70.9 Å². The number of aliphatic hydroxyl groups excluding tert-OH is 1. The number of halogens is 2. The fraction of sp³-hybridized carbons (Fsp3) is 0.364. The zero-order chi connectivity index (χ0) is 32.8. The largest absolute Gasteiger partial charge is 0.493 e. The number of benzene rings is 2. The Labute approximate surface area is 267 Å². The Hall–Kier alpha value is -3.93. The fourth-order valence-electron chi connectivity index (χ4n) is 7.19. The summed E-state index contributed by atoms with van der Waals surface area (Å²) in [5, 5.41) is 22.7. The summed E-state index contributed by atoms with van der Waals surface area (Å²) in [7, 11) is -0.847. The van der Waals surface area contributed by atoms with Gasteiger partial charge in [0.05, 0.1) is 18.1 Å². The smallest absolute Gasteiger partial charge is 0.417 e. The highest BCUT2D eigenvalue weighted by molar-refractivity contribution is 6.82. The maximum Gasteiger partial charge on any atom is 0.417 e. The van der Waals surface area contributed by atoms with Crippen LogP contribution in [0.5, 0.6) is 11.5 Å². The lowest BCUT2D eigenvalue weighted by Gasteiger charge is -2.44. The molecular weight excluding hydrogens is 615 g/mol. The summed E-state index contributed by atoms with van der Waals surface area (Å²) in [5.74, 6) is -0.423. The van der Waals surface area contributed by atoms with E-state index < -0.39 is 26.2 Å². The van der Waals surface area contributed by atoms with Crippen molar-refractivity contribution in [1.29, 1.82) is 0 Å². The van der Waals surface area contributed by atoms with E-state index in [1.54, 1.807) is 24.4 Å². The predicted molar refractivity (Wildman–Crippen MR) is 176 cm³/mol. The first-order chi connectivity index (χ1) is 21.3. The predicted octanol–water partition coefficient (Wildman–Crippen LogP) is 8.40. The zero-order valence-corrected chi connectivity index (χ0v) is 28.1. The highest BCUT2D eigenvalue weighted by Crippen LogP contribution is 2.46. The molecule has 0 radical (unpaired) electrons. The zero-order valence-electron chi connectivity index (χ0n) is 26.4. The molecule has 2 N–H and O–H groups in total. The average Bonchev–Trinajstić information content (AvgIpc) is 3.54. The highest BCUT2D eigenvalue weighted by Gasteiger charge is 2.46. The van der Waals surface area contributed by atoms with E-state index in [9.17, 15) is 15.0 Å². The molecule has 45 heavy (non-hydrogen) atoms. The minimum Gasteiger partial charge on any atom is -0.493 e. The summed E-state index contributed by atoms with van der Waals surface area (Å²) in [6.45, 7) is 13.2. The molecule has 1 unspecified atom stereocenters. The van der Waals surface area contributed by atoms with Gasteiger partial charge in [0.1, 0.15) is 24.2 Å². The van der Waals surface area contributed by atoms with E-state index in [1.165, 1.54) is 13.2 Å². The van der Waals surface area contributed by atoms with Crippen molar-refractivity contribution >= 4 is 48.0 Å². The van der Waals surface area contributed by atoms with Gasteiger partial charge in [-0.2, -0.15) is 0 Å². The molecule has 12 heteroatoms. The van der Waals surface area contributed by atoms with Gasteiger partial charge in [-0.25, -0.2) is 23.7 Å². The van der Waals surface area contributed by atoms with E-state index in [4.69, 9.17) is 26.1 Å². The molecule has 9 nitrogen and oxygen atoms in total. The Bertz CT molecular complexity index is 1860. The molecule has 0 aliphatic carbocycles. The first kappa shape index (κ1) is 32.5. The molecule has 5 aromatic rings. The fourth-order valence-corrected chi connectivity index (χ4v) is 13.9. The second kappa shape index (κ2) is 12.5. The number of carboxylic acid groups (broad SMARTS) is 1. The van der Waals surface area contributed by atoms with Crippen molar-refractivity contribution in [2.24, 2.45) is 0 Å². The average molecular weight is 653 g/mol. The SMILES string of the molecule is COc1cc(C(O)c2cn([Si](C(C)C)(C(C)C)C(C)C)c3ncccc23)c(F)cc1OCc1nc2cc(Cl)ccc2n1C(=O)O. The van der Waals surface area contributed by atoms with Crippen LogP contribution in [0.1, 0.15) is 64.6 Å². The van der Waals surface area contributed by atoms with Crippen molar-refractivity contribution in [3.63, 3.8) is 0 Å². The van der Waals surface area contributed by atoms with Gasteiger partial charge in [-0.05, 0) is 53.0 Å². The van der Waals surface area contributed by atoms with Gasteiger partial charge in [-0.1, -0.05) is 53.1 Å². The molecule has 1 atom stereocenters. The number of imidazole rings is 1. The van der Waals surface area contributed by atoms with E-state index in [0.717, 1.165) is 21.7 Å². The number of nitrogens with zero attached hydrogens (tertiary/aromatic N) is 4. The number of rotatable bonds is 10. The molecule has 0 fully saturated rings. The van der Waals surface area contributed by atoms with Gasteiger partial charge in [-0.3, -0.25) is 0 Å². The van der Waals surface area contributed by atoms with Crippen LogP contribution in [0.3, 0.4) is 0 Å². The lowest BCUT2D eigenvalue weighted by Crippen LogP contribution is -2.51. The molecule has 0 amide bonds. The lowest BCUT2D eigenvalue weighted by atomic mass is 10.0. The maximum atomic E-state index is 15.8. The molecule has 238 valence electrons. The van der Waals surface area contributed by atoms with Gasteiger partial charge in [-0.15, -0.1) is 0 Å². The summed E-state index contributed by atoms with van der Waals surface area (Å²) in [6, 6.07) is 11.0. The second-order valence-electron chi connectivity index (χ2n) is 12.2. The minimum absolute atomic E-state index is 0.0143. The lowest BCUT2D eigenvalue weighted by molar-refractivity contribution is 0.193. The molecule has 0 saturated carbocycles. The number of aromatic nitrogens is 4. The van der Waals surface area contributed by atoms with Crippen LogP contribution in [-0.2, 0) is 6.61 Å². The first-order valence-electron chi connectivity index (χ1n) is 14.9. The number of methoxy groups -OCH3 is 1. The minimum atomic E-state index is -2.26. The summed E-state index contributed by atoms with van der Waals surface area (Å²) in [6.07, 6.45) is 1.15. The Morgan fingerprint density at radius 2 is 1.71 bits per heavy atom. The summed E-state index contributed by atoms with van der Waals surface area (Å²) in [4.78, 5) is 21.1. The molecule has 5 rings (SSSR count). The van der Waals surface area contributed by atoms with Crippen LogP contribution >= 0.6 is 11.6 Å². The Morgan fingerprint density at radius 3 is 2.33 bits per heavy atom. The van der Waals surface area contributed by atoms with E-state index in [2.05, 4.69) is 50.8 Å². The second-order valence-corrected chi connectivity index (χ2v) is 18.3. The monoisotopic (exact) mass is 652 g/mol. The van der Waals surface area contributed by atoms with Gasteiger partial charge in [0.25, 0.3) is 0 Å². The van der Waals surface area contributed by atoms with Gasteiger partial charge < -0.3 is 23.9 Å². The molecule has 0 aliphatic heterocycles. The summed E-state index contributed by atoms with van der Waals surface area (Å²) in [5.41, 5.74) is 3.20. The maximum absolute atomic E-state index is 15.8. The first-order valence-corrected chi connectivity index (χ1v) is 17.4. The number of pyridine rings is 1. The van der Waals surface area contributed by atoms with E-state index >= 15 is 4.39 Å². The van der Waals surface area contributed by atoms with Gasteiger partial charge in [0.15, 0.2) is 25.6 Å². The molecule has 3 heterocycles. The van der Waals surface area contributed by atoms with E-state index in [1.807, 2.05) is 18.3 Å². The topological polar surface area (TPSA) is 112 Å². The van der Waals surface area contributed by atoms with Crippen LogP contribution < -0.4 is 9.47 Å². The van der Waals surface area contributed by atoms with Crippen LogP contribution in [0.25, 0.3) is 22.1 Å². The van der Waals surface area contributed by atoms with Crippen LogP contribution in [-0.4, -0.2) is 50.4 Å². The van der Waals surface area contributed by atoms with Crippen molar-refractivity contribution in [2.75, 3.05) is 7.11 Å². The van der Waals surface area contributed by atoms with Crippen LogP contribution in [0.2, 0.25) is 21.6 Å². The Balaban J connectivity index is 1.54. The molecule has 3 aromatic heterocycles. The summed E-state index contributed by atoms with van der Waals surface area (Å²) >= 11 is 6.06. The molecule has 0 aliphatic rings. The number of aliphatic hydroxyl groups is 1. The molecular formula is C33H38ClFN4O5Si. The van der Waals surface area contributed by atoms with Crippen molar-refractivity contribution in [1.82, 2.24) is 18.8 Å². The number of hydrogen-bond acceptors (Lipinski definition) is 6. The van der Waals surface area contributed by atoms with E-state index in [0.29, 0.717) is 38.2 Å². The Kier molecular flexibility index (Phi) is 8.98.